The van der Waals surface area contributed by atoms with Crippen LogP contribution in [0.3, 0.4) is 0 Å². The molecule has 0 saturated heterocycles. The lowest BCUT2D eigenvalue weighted by Crippen LogP contribution is -2.36. The minimum absolute atomic E-state index is 0.142. The van der Waals surface area contributed by atoms with E-state index in [2.05, 4.69) is 5.32 Å². The highest BCUT2D eigenvalue weighted by Gasteiger charge is 2.13. The van der Waals surface area contributed by atoms with Crippen LogP contribution in [-0.2, 0) is 0 Å². The van der Waals surface area contributed by atoms with E-state index >= 15 is 0 Å². The fourth-order valence-electron chi connectivity index (χ4n) is 1.62. The molecule has 3 N–H and O–H groups in total. The second-order valence-electron chi connectivity index (χ2n) is 4.65. The van der Waals surface area contributed by atoms with Gasteiger partial charge in [0.15, 0.2) is 0 Å². The van der Waals surface area contributed by atoms with Crippen molar-refractivity contribution in [3.05, 3.63) is 29.8 Å². The van der Waals surface area contributed by atoms with Crippen molar-refractivity contribution in [2.45, 2.75) is 26.0 Å². The topological polar surface area (TPSA) is 61.7 Å². The molecule has 3 atom stereocenters. The Hall–Kier alpha value is -1.10. The van der Waals surface area contributed by atoms with Crippen LogP contribution in [0.25, 0.3) is 0 Å². The average molecular weight is 253 g/mol. The Morgan fingerprint density at radius 3 is 2.67 bits per heavy atom. The predicted molar refractivity (Wildman–Crippen MR) is 71.7 cm³/mol. The lowest BCUT2D eigenvalue weighted by molar-refractivity contribution is 0.155. The molecule has 1 aromatic carbocycles. The maximum atomic E-state index is 10.1. The quantitative estimate of drug-likeness (QED) is 0.686. The van der Waals surface area contributed by atoms with Crippen LogP contribution < -0.4 is 10.1 Å². The second kappa shape index (κ2) is 7.36. The number of hydrogen-bond donors (Lipinski definition) is 3. The zero-order valence-electron chi connectivity index (χ0n) is 11.3. The van der Waals surface area contributed by atoms with Gasteiger partial charge in [-0.25, -0.2) is 0 Å². The van der Waals surface area contributed by atoms with Gasteiger partial charge in [-0.2, -0.15) is 0 Å². The van der Waals surface area contributed by atoms with Crippen LogP contribution in [0.15, 0.2) is 24.3 Å². The summed E-state index contributed by atoms with van der Waals surface area (Å²) in [6.45, 7) is 4.57. The Morgan fingerprint density at radius 1 is 1.33 bits per heavy atom. The number of aliphatic hydroxyl groups excluding tert-OH is 2. The molecule has 0 aromatic heterocycles. The molecule has 0 fully saturated rings. The molecule has 18 heavy (non-hydrogen) atoms. The molecule has 0 spiro atoms. The van der Waals surface area contributed by atoms with Gasteiger partial charge in [-0.3, -0.25) is 0 Å². The lowest BCUT2D eigenvalue weighted by Gasteiger charge is -2.21. The van der Waals surface area contributed by atoms with Gasteiger partial charge < -0.3 is 20.3 Å². The van der Waals surface area contributed by atoms with Crippen LogP contribution in [0.1, 0.15) is 25.5 Å². The smallest absolute Gasteiger partial charge is 0.119 e. The van der Waals surface area contributed by atoms with E-state index in [4.69, 9.17) is 9.84 Å². The highest BCUT2D eigenvalue weighted by atomic mass is 16.5. The lowest BCUT2D eigenvalue weighted by atomic mass is 10.0. The predicted octanol–water partition coefficient (Wildman–Crippen LogP) is 1.34. The third kappa shape index (κ3) is 4.29. The summed E-state index contributed by atoms with van der Waals surface area (Å²) in [5.74, 6) is 0.908. The molecule has 0 heterocycles. The van der Waals surface area contributed by atoms with Crippen molar-refractivity contribution in [1.29, 1.82) is 0 Å². The number of hydrogen-bond acceptors (Lipinski definition) is 4. The molecule has 0 aliphatic rings. The van der Waals surface area contributed by atoms with Crippen LogP contribution >= 0.6 is 0 Å². The van der Waals surface area contributed by atoms with Crippen molar-refractivity contribution < 1.29 is 14.9 Å². The molecule has 0 amide bonds. The highest BCUT2D eigenvalue weighted by Crippen LogP contribution is 2.18. The van der Waals surface area contributed by atoms with Crippen molar-refractivity contribution in [1.82, 2.24) is 5.32 Å². The zero-order chi connectivity index (χ0) is 13.5. The zero-order valence-corrected chi connectivity index (χ0v) is 11.3. The summed E-state index contributed by atoms with van der Waals surface area (Å²) >= 11 is 0. The normalized spacial score (nSPS) is 16.1. The van der Waals surface area contributed by atoms with Crippen molar-refractivity contribution in [3.63, 3.8) is 0 Å². The van der Waals surface area contributed by atoms with Gasteiger partial charge in [0.05, 0.1) is 13.2 Å². The molecule has 0 radical (unpaired) electrons. The van der Waals surface area contributed by atoms with Gasteiger partial charge in [0.1, 0.15) is 5.75 Å². The Morgan fingerprint density at radius 2 is 2.06 bits per heavy atom. The van der Waals surface area contributed by atoms with Crippen LogP contribution in [0.5, 0.6) is 5.75 Å². The summed E-state index contributed by atoms with van der Waals surface area (Å²) in [6.07, 6.45) is -0.576. The highest BCUT2D eigenvalue weighted by molar-refractivity contribution is 5.29. The summed E-state index contributed by atoms with van der Waals surface area (Å²) in [5, 5.41) is 22.3. The van der Waals surface area contributed by atoms with Crippen LogP contribution in [0.4, 0.5) is 0 Å². The van der Waals surface area contributed by atoms with Gasteiger partial charge in [-0.05, 0) is 30.5 Å². The molecule has 1 aromatic rings. The summed E-state index contributed by atoms with van der Waals surface area (Å²) in [4.78, 5) is 0. The Labute approximate surface area is 109 Å². The van der Waals surface area contributed by atoms with Crippen LogP contribution in [0, 0.1) is 5.92 Å². The number of ether oxygens (including phenoxy) is 1. The second-order valence-corrected chi connectivity index (χ2v) is 4.65. The molecule has 1 rings (SSSR count). The van der Waals surface area contributed by atoms with Crippen molar-refractivity contribution >= 4 is 0 Å². The first-order valence-corrected chi connectivity index (χ1v) is 6.24. The maximum Gasteiger partial charge on any atom is 0.119 e. The Balaban J connectivity index is 2.51. The molecule has 3 unspecified atom stereocenters. The minimum Gasteiger partial charge on any atom is -0.497 e. The third-order valence-corrected chi connectivity index (χ3v) is 3.25. The average Bonchev–Trinajstić information content (AvgIpc) is 2.43. The largest absolute Gasteiger partial charge is 0.497 e. The van der Waals surface area contributed by atoms with Crippen molar-refractivity contribution in [2.24, 2.45) is 5.92 Å². The van der Waals surface area contributed by atoms with Gasteiger partial charge in [0.2, 0.25) is 0 Å². The fraction of sp³-hybridized carbons (Fsp3) is 0.571. The fourth-order valence-corrected chi connectivity index (χ4v) is 1.62. The van der Waals surface area contributed by atoms with Gasteiger partial charge in [-0.15, -0.1) is 0 Å². The van der Waals surface area contributed by atoms with Gasteiger partial charge in [0.25, 0.3) is 0 Å². The SMILES string of the molecule is COc1cccc(C(O)CNC(C)C(C)CO)c1. The maximum absolute atomic E-state index is 10.1. The van der Waals surface area contributed by atoms with E-state index in [1.165, 1.54) is 0 Å². The standard InChI is InChI=1S/C14H23NO3/c1-10(9-16)11(2)15-8-14(17)12-5-4-6-13(7-12)18-3/h4-7,10-11,14-17H,8-9H2,1-3H3. The summed E-state index contributed by atoms with van der Waals surface area (Å²) in [6, 6.07) is 7.56. The van der Waals surface area contributed by atoms with Crippen LogP contribution in [0.2, 0.25) is 0 Å². The van der Waals surface area contributed by atoms with Gasteiger partial charge in [0, 0.05) is 19.2 Å². The molecule has 102 valence electrons. The molecular formula is C14H23NO3. The molecule has 0 bridgehead atoms. The number of benzene rings is 1. The van der Waals surface area contributed by atoms with E-state index < -0.39 is 6.10 Å². The number of rotatable bonds is 7. The minimum atomic E-state index is -0.576. The van der Waals surface area contributed by atoms with Crippen molar-refractivity contribution in [3.8, 4) is 5.75 Å². The molecule has 0 saturated carbocycles. The number of methoxy groups -OCH3 is 1. The molecule has 0 aliphatic carbocycles. The van der Waals surface area contributed by atoms with Gasteiger partial charge >= 0.3 is 0 Å². The summed E-state index contributed by atoms with van der Waals surface area (Å²) < 4.78 is 5.12. The van der Waals surface area contributed by atoms with E-state index in [-0.39, 0.29) is 18.6 Å². The van der Waals surface area contributed by atoms with E-state index in [9.17, 15) is 5.11 Å². The Kier molecular flexibility index (Phi) is 6.12. The van der Waals surface area contributed by atoms with E-state index in [0.29, 0.717) is 6.54 Å². The molecule has 4 nitrogen and oxygen atoms in total. The molecule has 0 aliphatic heterocycles. The first-order chi connectivity index (χ1) is 8.58. The van der Waals surface area contributed by atoms with Crippen LogP contribution in [-0.4, -0.2) is 36.5 Å². The Bertz CT molecular complexity index is 357. The summed E-state index contributed by atoms with van der Waals surface area (Å²) in [7, 11) is 1.61. The first kappa shape index (κ1) is 15.0. The molecular weight excluding hydrogens is 230 g/mol. The monoisotopic (exact) mass is 253 g/mol. The van der Waals surface area contributed by atoms with Crippen molar-refractivity contribution in [2.75, 3.05) is 20.3 Å². The van der Waals surface area contributed by atoms with E-state index in [0.717, 1.165) is 11.3 Å². The van der Waals surface area contributed by atoms with Gasteiger partial charge in [-0.1, -0.05) is 19.1 Å². The number of aliphatic hydroxyl groups is 2. The first-order valence-electron chi connectivity index (χ1n) is 6.24. The summed E-state index contributed by atoms with van der Waals surface area (Å²) in [5.41, 5.74) is 0.825. The van der Waals surface area contributed by atoms with E-state index in [1.54, 1.807) is 7.11 Å². The third-order valence-electron chi connectivity index (χ3n) is 3.25. The number of nitrogens with one attached hydrogen (secondary N) is 1. The molecule has 4 heteroatoms. The van der Waals surface area contributed by atoms with E-state index in [1.807, 2.05) is 38.1 Å².